The van der Waals surface area contributed by atoms with Gasteiger partial charge in [-0.3, -0.25) is 0 Å². The van der Waals surface area contributed by atoms with Crippen LogP contribution in [0.2, 0.25) is 0 Å². The van der Waals surface area contributed by atoms with E-state index in [1.165, 1.54) is 18.4 Å². The average molecular weight is 187 g/mol. The van der Waals surface area contributed by atoms with Crippen molar-refractivity contribution in [2.24, 2.45) is 0 Å². The van der Waals surface area contributed by atoms with Crippen molar-refractivity contribution < 1.29 is 0 Å². The van der Waals surface area contributed by atoms with Crippen LogP contribution in [-0.4, -0.2) is 12.6 Å². The first kappa shape index (κ1) is 9.47. The molecule has 1 aromatic rings. The Labute approximate surface area is 85.8 Å². The maximum atomic E-state index is 3.39. The van der Waals surface area contributed by atoms with Crippen molar-refractivity contribution in [2.75, 3.05) is 7.05 Å². The number of hydrogen-bond donors (Lipinski definition) is 1. The Bertz CT molecular complexity index is 309. The molecule has 1 fully saturated rings. The fraction of sp³-hybridized carbons (Fsp3) is 0.385. The number of hydrogen-bond acceptors (Lipinski definition) is 1. The van der Waals surface area contributed by atoms with Gasteiger partial charge in [0.2, 0.25) is 0 Å². The Balaban J connectivity index is 1.89. The highest BCUT2D eigenvalue weighted by molar-refractivity contribution is 5.48. The highest BCUT2D eigenvalue weighted by Crippen LogP contribution is 2.38. The molecule has 1 aromatic carbocycles. The van der Waals surface area contributed by atoms with E-state index in [0.717, 1.165) is 6.42 Å². The van der Waals surface area contributed by atoms with Gasteiger partial charge in [-0.1, -0.05) is 42.5 Å². The van der Waals surface area contributed by atoms with Gasteiger partial charge in [0.05, 0.1) is 0 Å². The lowest BCUT2D eigenvalue weighted by Crippen LogP contribution is -2.25. The maximum absolute atomic E-state index is 3.39. The Morgan fingerprint density at radius 1 is 1.29 bits per heavy atom. The fourth-order valence-corrected chi connectivity index (χ4v) is 1.69. The van der Waals surface area contributed by atoms with Crippen molar-refractivity contribution in [1.82, 2.24) is 5.32 Å². The molecule has 14 heavy (non-hydrogen) atoms. The quantitative estimate of drug-likeness (QED) is 0.764. The van der Waals surface area contributed by atoms with Crippen molar-refractivity contribution in [1.29, 1.82) is 0 Å². The minimum absolute atomic E-state index is 0.436. The summed E-state index contributed by atoms with van der Waals surface area (Å²) in [5.74, 6) is 0. The van der Waals surface area contributed by atoms with Gasteiger partial charge in [0.15, 0.2) is 0 Å². The summed E-state index contributed by atoms with van der Waals surface area (Å²) in [4.78, 5) is 0. The summed E-state index contributed by atoms with van der Waals surface area (Å²) in [5.41, 5.74) is 1.73. The molecule has 1 heteroatoms. The van der Waals surface area contributed by atoms with E-state index in [1.54, 1.807) is 0 Å². The highest BCUT2D eigenvalue weighted by atomic mass is 15.0. The summed E-state index contributed by atoms with van der Waals surface area (Å²) in [5, 5.41) is 3.39. The molecule has 0 heterocycles. The van der Waals surface area contributed by atoms with Gasteiger partial charge in [-0.05, 0) is 31.9 Å². The van der Waals surface area contributed by atoms with E-state index >= 15 is 0 Å². The van der Waals surface area contributed by atoms with Crippen LogP contribution in [0.4, 0.5) is 0 Å². The highest BCUT2D eigenvalue weighted by Gasteiger charge is 2.39. The molecule has 1 saturated carbocycles. The van der Waals surface area contributed by atoms with Gasteiger partial charge in [0, 0.05) is 5.54 Å². The van der Waals surface area contributed by atoms with E-state index in [-0.39, 0.29) is 0 Å². The topological polar surface area (TPSA) is 12.0 Å². The SMILES string of the molecule is CNC1(C/C=C/c2ccccc2)CC1. The Morgan fingerprint density at radius 3 is 2.57 bits per heavy atom. The lowest BCUT2D eigenvalue weighted by Gasteiger charge is -2.09. The molecule has 0 radical (unpaired) electrons. The normalized spacial score (nSPS) is 18.6. The average Bonchev–Trinajstić information content (AvgIpc) is 3.00. The van der Waals surface area contributed by atoms with Gasteiger partial charge in [0.25, 0.3) is 0 Å². The third-order valence-electron chi connectivity index (χ3n) is 3.00. The predicted octanol–water partition coefficient (Wildman–Crippen LogP) is 2.84. The monoisotopic (exact) mass is 187 g/mol. The van der Waals surface area contributed by atoms with Crippen LogP contribution in [-0.2, 0) is 0 Å². The summed E-state index contributed by atoms with van der Waals surface area (Å²) in [7, 11) is 2.06. The standard InChI is InChI=1S/C13H17N/c1-14-13(10-11-13)9-5-8-12-6-3-2-4-7-12/h2-8,14H,9-11H2,1H3/b8-5+. The van der Waals surface area contributed by atoms with Crippen molar-refractivity contribution in [2.45, 2.75) is 24.8 Å². The van der Waals surface area contributed by atoms with Crippen LogP contribution in [0.25, 0.3) is 6.08 Å². The second-order valence-corrected chi connectivity index (χ2v) is 4.05. The molecule has 1 nitrogen and oxygen atoms in total. The smallest absolute Gasteiger partial charge is 0.0214 e. The molecule has 0 bridgehead atoms. The van der Waals surface area contributed by atoms with E-state index in [1.807, 2.05) is 6.07 Å². The second kappa shape index (κ2) is 3.97. The van der Waals surface area contributed by atoms with Crippen molar-refractivity contribution in [3.8, 4) is 0 Å². The van der Waals surface area contributed by atoms with Crippen LogP contribution < -0.4 is 5.32 Å². The Kier molecular flexibility index (Phi) is 2.69. The molecule has 1 aliphatic carbocycles. The Morgan fingerprint density at radius 2 is 2.00 bits per heavy atom. The first-order valence-electron chi connectivity index (χ1n) is 5.25. The van der Waals surface area contributed by atoms with E-state index in [9.17, 15) is 0 Å². The zero-order valence-electron chi connectivity index (χ0n) is 8.66. The maximum Gasteiger partial charge on any atom is 0.0214 e. The zero-order chi connectivity index (χ0) is 9.86. The summed E-state index contributed by atoms with van der Waals surface area (Å²) < 4.78 is 0. The van der Waals surface area contributed by atoms with Gasteiger partial charge < -0.3 is 5.32 Å². The van der Waals surface area contributed by atoms with Crippen LogP contribution in [0, 0.1) is 0 Å². The molecule has 0 saturated heterocycles. The molecule has 0 aromatic heterocycles. The fourth-order valence-electron chi connectivity index (χ4n) is 1.69. The lowest BCUT2D eigenvalue weighted by molar-refractivity contribution is 0.560. The van der Waals surface area contributed by atoms with Crippen molar-refractivity contribution in [3.05, 3.63) is 42.0 Å². The number of rotatable bonds is 4. The minimum Gasteiger partial charge on any atom is -0.314 e. The van der Waals surface area contributed by atoms with Crippen LogP contribution in [0.3, 0.4) is 0 Å². The number of benzene rings is 1. The van der Waals surface area contributed by atoms with Crippen LogP contribution in [0.15, 0.2) is 36.4 Å². The van der Waals surface area contributed by atoms with Gasteiger partial charge in [-0.2, -0.15) is 0 Å². The van der Waals surface area contributed by atoms with E-state index < -0.39 is 0 Å². The van der Waals surface area contributed by atoms with Crippen molar-refractivity contribution >= 4 is 6.08 Å². The minimum atomic E-state index is 0.436. The molecule has 0 aliphatic heterocycles. The number of nitrogens with one attached hydrogen (secondary N) is 1. The van der Waals surface area contributed by atoms with E-state index in [0.29, 0.717) is 5.54 Å². The van der Waals surface area contributed by atoms with Gasteiger partial charge in [-0.15, -0.1) is 0 Å². The predicted molar refractivity (Wildman–Crippen MR) is 61.1 cm³/mol. The third kappa shape index (κ3) is 2.24. The molecular weight excluding hydrogens is 170 g/mol. The summed E-state index contributed by atoms with van der Waals surface area (Å²) in [6.45, 7) is 0. The van der Waals surface area contributed by atoms with Gasteiger partial charge >= 0.3 is 0 Å². The lowest BCUT2D eigenvalue weighted by atomic mass is 10.1. The summed E-state index contributed by atoms with van der Waals surface area (Å²) in [6, 6.07) is 10.5. The first-order valence-corrected chi connectivity index (χ1v) is 5.25. The molecular formula is C13H17N. The largest absolute Gasteiger partial charge is 0.314 e. The molecule has 1 N–H and O–H groups in total. The van der Waals surface area contributed by atoms with Gasteiger partial charge in [-0.25, -0.2) is 0 Å². The molecule has 0 spiro atoms. The molecule has 1 aliphatic rings. The molecule has 74 valence electrons. The van der Waals surface area contributed by atoms with Gasteiger partial charge in [0.1, 0.15) is 0 Å². The van der Waals surface area contributed by atoms with Crippen LogP contribution >= 0.6 is 0 Å². The third-order valence-corrected chi connectivity index (χ3v) is 3.00. The molecule has 0 unspecified atom stereocenters. The molecule has 0 amide bonds. The summed E-state index contributed by atoms with van der Waals surface area (Å²) in [6.07, 6.45) is 8.28. The van der Waals surface area contributed by atoms with E-state index in [4.69, 9.17) is 0 Å². The Hall–Kier alpha value is -1.08. The van der Waals surface area contributed by atoms with Crippen LogP contribution in [0.5, 0.6) is 0 Å². The van der Waals surface area contributed by atoms with Crippen LogP contribution in [0.1, 0.15) is 24.8 Å². The zero-order valence-corrected chi connectivity index (χ0v) is 8.66. The van der Waals surface area contributed by atoms with Crippen molar-refractivity contribution in [3.63, 3.8) is 0 Å². The molecule has 0 atom stereocenters. The molecule has 2 rings (SSSR count). The first-order chi connectivity index (χ1) is 6.85. The van der Waals surface area contributed by atoms with E-state index in [2.05, 4.69) is 48.8 Å². The summed E-state index contributed by atoms with van der Waals surface area (Å²) >= 11 is 0. The second-order valence-electron chi connectivity index (χ2n) is 4.05.